The van der Waals surface area contributed by atoms with Crippen LogP contribution < -0.4 is 10.5 Å². The molecule has 1 rings (SSSR count). The molecule has 0 amide bonds. The summed E-state index contributed by atoms with van der Waals surface area (Å²) in [7, 11) is 1.40. The van der Waals surface area contributed by atoms with Gasteiger partial charge in [-0.2, -0.15) is 0 Å². The minimum atomic E-state index is -0.231. The maximum atomic E-state index is 11.3. The minimum absolute atomic E-state index is 0.231. The van der Waals surface area contributed by atoms with Crippen molar-refractivity contribution >= 4 is 5.97 Å². The zero-order valence-electron chi connectivity index (χ0n) is 12.5. The summed E-state index contributed by atoms with van der Waals surface area (Å²) in [6.07, 6.45) is 0. The maximum absolute atomic E-state index is 11.3. The molecule has 0 aliphatic rings. The first-order valence-corrected chi connectivity index (χ1v) is 6.79. The lowest BCUT2D eigenvalue weighted by Crippen LogP contribution is -2.38. The molecular weight excluding hydrogens is 256 g/mol. The van der Waals surface area contributed by atoms with Crippen LogP contribution in [0.15, 0.2) is 24.3 Å². The van der Waals surface area contributed by atoms with Gasteiger partial charge in [0.2, 0.25) is 0 Å². The third-order valence-corrected chi connectivity index (χ3v) is 3.10. The summed E-state index contributed by atoms with van der Waals surface area (Å²) in [6, 6.07) is 7.97. The van der Waals surface area contributed by atoms with E-state index in [9.17, 15) is 4.79 Å². The predicted octanol–water partition coefficient (Wildman–Crippen LogP) is 1.41. The van der Waals surface area contributed by atoms with Crippen molar-refractivity contribution in [2.24, 2.45) is 5.73 Å². The molecule has 5 nitrogen and oxygen atoms in total. The average molecular weight is 280 g/mol. The molecule has 5 heteroatoms. The van der Waals surface area contributed by atoms with Gasteiger partial charge in [0.1, 0.15) is 12.4 Å². The molecule has 0 aromatic heterocycles. The summed E-state index contributed by atoms with van der Waals surface area (Å²) in [5, 5.41) is 0. The van der Waals surface area contributed by atoms with E-state index in [1.807, 2.05) is 43.0 Å². The van der Waals surface area contributed by atoms with E-state index < -0.39 is 0 Å². The van der Waals surface area contributed by atoms with Crippen molar-refractivity contribution in [3.05, 3.63) is 29.8 Å². The Hall–Kier alpha value is -1.59. The topological polar surface area (TPSA) is 64.8 Å². The molecular formula is C15H24N2O3. The summed E-state index contributed by atoms with van der Waals surface area (Å²) >= 11 is 0. The second kappa shape index (κ2) is 8.55. The number of nitrogens with two attached hydrogens (primary N) is 1. The highest BCUT2D eigenvalue weighted by molar-refractivity contribution is 5.71. The fraction of sp³-hybridized carbons (Fsp3) is 0.533. The standard InChI is InChI=1S/C15H24N2O3/c1-12(2)17(11-15(18)19-3)8-9-20-14-6-4-13(10-16)5-7-14/h4-7,12H,8-11,16H2,1-3H3. The number of methoxy groups -OCH3 is 1. The second-order valence-electron chi connectivity index (χ2n) is 4.84. The van der Waals surface area contributed by atoms with Crippen LogP contribution in [0.2, 0.25) is 0 Å². The Kier molecular flexibility index (Phi) is 7.04. The molecule has 1 aromatic carbocycles. The predicted molar refractivity (Wildman–Crippen MR) is 78.6 cm³/mol. The Morgan fingerprint density at radius 3 is 2.45 bits per heavy atom. The molecule has 0 aliphatic carbocycles. The fourth-order valence-electron chi connectivity index (χ4n) is 1.75. The van der Waals surface area contributed by atoms with Crippen molar-refractivity contribution in [3.63, 3.8) is 0 Å². The zero-order valence-corrected chi connectivity index (χ0v) is 12.5. The van der Waals surface area contributed by atoms with Crippen molar-refractivity contribution in [1.82, 2.24) is 4.90 Å². The number of esters is 1. The van der Waals surface area contributed by atoms with E-state index >= 15 is 0 Å². The lowest BCUT2D eigenvalue weighted by atomic mass is 10.2. The summed E-state index contributed by atoms with van der Waals surface area (Å²) in [6.45, 7) is 6.09. The van der Waals surface area contributed by atoms with Gasteiger partial charge in [0.05, 0.1) is 13.7 Å². The molecule has 0 radical (unpaired) electrons. The van der Waals surface area contributed by atoms with Crippen LogP contribution in [0.1, 0.15) is 19.4 Å². The van der Waals surface area contributed by atoms with Gasteiger partial charge in [-0.25, -0.2) is 0 Å². The smallest absolute Gasteiger partial charge is 0.319 e. The lowest BCUT2D eigenvalue weighted by molar-refractivity contribution is -0.142. The quantitative estimate of drug-likeness (QED) is 0.729. The Bertz CT molecular complexity index is 404. The monoisotopic (exact) mass is 280 g/mol. The fourth-order valence-corrected chi connectivity index (χ4v) is 1.75. The molecule has 112 valence electrons. The molecule has 0 fully saturated rings. The lowest BCUT2D eigenvalue weighted by Gasteiger charge is -2.24. The van der Waals surface area contributed by atoms with Crippen molar-refractivity contribution in [1.29, 1.82) is 0 Å². The largest absolute Gasteiger partial charge is 0.492 e. The first-order valence-electron chi connectivity index (χ1n) is 6.79. The van der Waals surface area contributed by atoms with Gasteiger partial charge in [-0.1, -0.05) is 12.1 Å². The number of carbonyl (C=O) groups is 1. The molecule has 0 spiro atoms. The minimum Gasteiger partial charge on any atom is -0.492 e. The van der Waals surface area contributed by atoms with Crippen LogP contribution in [0.5, 0.6) is 5.75 Å². The molecule has 1 aromatic rings. The van der Waals surface area contributed by atoms with Crippen molar-refractivity contribution in [2.75, 3.05) is 26.8 Å². The van der Waals surface area contributed by atoms with Crippen LogP contribution in [-0.2, 0) is 16.1 Å². The molecule has 0 atom stereocenters. The number of benzene rings is 1. The molecule has 0 saturated carbocycles. The van der Waals surface area contributed by atoms with Crippen LogP contribution in [0, 0.1) is 0 Å². The van der Waals surface area contributed by atoms with Gasteiger partial charge in [0.15, 0.2) is 0 Å². The van der Waals surface area contributed by atoms with E-state index in [4.69, 9.17) is 10.5 Å². The van der Waals surface area contributed by atoms with E-state index in [0.29, 0.717) is 19.7 Å². The van der Waals surface area contributed by atoms with Crippen molar-refractivity contribution < 1.29 is 14.3 Å². The highest BCUT2D eigenvalue weighted by atomic mass is 16.5. The highest BCUT2D eigenvalue weighted by Crippen LogP contribution is 2.12. The van der Waals surface area contributed by atoms with E-state index in [1.165, 1.54) is 7.11 Å². The normalized spacial score (nSPS) is 10.9. The molecule has 0 unspecified atom stereocenters. The highest BCUT2D eigenvalue weighted by Gasteiger charge is 2.14. The Morgan fingerprint density at radius 1 is 1.30 bits per heavy atom. The molecule has 2 N–H and O–H groups in total. The summed E-state index contributed by atoms with van der Waals surface area (Å²) in [5.41, 5.74) is 6.62. The van der Waals surface area contributed by atoms with Gasteiger partial charge in [-0.3, -0.25) is 9.69 Å². The van der Waals surface area contributed by atoms with Crippen LogP contribution in [0.3, 0.4) is 0 Å². The average Bonchev–Trinajstić information content (AvgIpc) is 2.46. The summed E-state index contributed by atoms with van der Waals surface area (Å²) < 4.78 is 10.4. The van der Waals surface area contributed by atoms with Crippen LogP contribution in [0.25, 0.3) is 0 Å². The van der Waals surface area contributed by atoms with Crippen LogP contribution in [0.4, 0.5) is 0 Å². The van der Waals surface area contributed by atoms with E-state index in [0.717, 1.165) is 11.3 Å². The number of ether oxygens (including phenoxy) is 2. The van der Waals surface area contributed by atoms with Gasteiger partial charge in [-0.05, 0) is 31.5 Å². The SMILES string of the molecule is COC(=O)CN(CCOc1ccc(CN)cc1)C(C)C. The number of nitrogens with zero attached hydrogens (tertiary/aromatic N) is 1. The van der Waals surface area contributed by atoms with E-state index in [-0.39, 0.29) is 18.6 Å². The Labute approximate surface area is 120 Å². The summed E-state index contributed by atoms with van der Waals surface area (Å²) in [5.74, 6) is 0.579. The first-order chi connectivity index (χ1) is 9.56. The maximum Gasteiger partial charge on any atom is 0.319 e. The zero-order chi connectivity index (χ0) is 15.0. The third-order valence-electron chi connectivity index (χ3n) is 3.10. The summed E-state index contributed by atoms with van der Waals surface area (Å²) in [4.78, 5) is 13.3. The first kappa shape index (κ1) is 16.5. The number of hydrogen-bond acceptors (Lipinski definition) is 5. The van der Waals surface area contributed by atoms with Gasteiger partial charge in [0, 0.05) is 19.1 Å². The third kappa shape index (κ3) is 5.59. The number of rotatable bonds is 8. The van der Waals surface area contributed by atoms with E-state index in [1.54, 1.807) is 0 Å². The van der Waals surface area contributed by atoms with Crippen molar-refractivity contribution in [3.8, 4) is 5.75 Å². The van der Waals surface area contributed by atoms with Crippen LogP contribution in [-0.4, -0.2) is 43.7 Å². The van der Waals surface area contributed by atoms with Gasteiger partial charge < -0.3 is 15.2 Å². The number of hydrogen-bond donors (Lipinski definition) is 1. The molecule has 0 saturated heterocycles. The van der Waals surface area contributed by atoms with Gasteiger partial charge >= 0.3 is 5.97 Å². The second-order valence-corrected chi connectivity index (χ2v) is 4.84. The van der Waals surface area contributed by atoms with Crippen LogP contribution >= 0.6 is 0 Å². The molecule has 0 aliphatic heterocycles. The van der Waals surface area contributed by atoms with E-state index in [2.05, 4.69) is 4.74 Å². The van der Waals surface area contributed by atoms with Crippen molar-refractivity contribution in [2.45, 2.75) is 26.4 Å². The van der Waals surface area contributed by atoms with Gasteiger partial charge in [0.25, 0.3) is 0 Å². The molecule has 0 bridgehead atoms. The molecule has 0 heterocycles. The number of carbonyl (C=O) groups excluding carboxylic acids is 1. The Morgan fingerprint density at radius 2 is 1.95 bits per heavy atom. The Balaban J connectivity index is 2.41. The van der Waals surface area contributed by atoms with Gasteiger partial charge in [-0.15, -0.1) is 0 Å². The molecule has 20 heavy (non-hydrogen) atoms.